The number of nitrogens with two attached hydrogens (primary N) is 2. The molecule has 5 N–H and O–H groups in total. The van der Waals surface area contributed by atoms with E-state index in [1.54, 1.807) is 28.4 Å². The maximum absolute atomic E-state index is 13.7. The second-order valence-corrected chi connectivity index (χ2v) is 12.0. The van der Waals surface area contributed by atoms with Gasteiger partial charge in [-0.3, -0.25) is 4.79 Å². The van der Waals surface area contributed by atoms with Crippen molar-refractivity contribution in [3.8, 4) is 0 Å². The lowest BCUT2D eigenvalue weighted by Crippen LogP contribution is -2.44. The molecule has 2 aromatic carbocycles. The molecule has 0 aliphatic rings. The van der Waals surface area contributed by atoms with Gasteiger partial charge in [0.15, 0.2) is 6.10 Å². The molecule has 2 atom stereocenters. The van der Waals surface area contributed by atoms with Gasteiger partial charge in [0.2, 0.25) is 0 Å². The van der Waals surface area contributed by atoms with Crippen LogP contribution in [0.2, 0.25) is 0 Å². The lowest BCUT2D eigenvalue weighted by atomic mass is 9.83. The van der Waals surface area contributed by atoms with Crippen molar-refractivity contribution >= 4 is 35.1 Å². The van der Waals surface area contributed by atoms with Gasteiger partial charge in [-0.25, -0.2) is 9.59 Å². The van der Waals surface area contributed by atoms with E-state index in [1.165, 1.54) is 0 Å². The number of alkyl carbamates (subject to hydrolysis) is 1. The molecule has 0 saturated carbocycles. The molecule has 1 aromatic heterocycles. The number of nitrogens with one attached hydrogen (secondary N) is 1. The number of rotatable bonds is 13. The lowest BCUT2D eigenvalue weighted by molar-refractivity contribution is -0.142. The van der Waals surface area contributed by atoms with Crippen LogP contribution in [-0.2, 0) is 34.0 Å². The predicted octanol–water partition coefficient (Wildman–Crippen LogP) is 5.83. The molecule has 41 heavy (non-hydrogen) atoms. The summed E-state index contributed by atoms with van der Waals surface area (Å²) in [6.07, 6.45) is -1.30. The number of nitrogen functional groups attached to an aromatic ring is 1. The Labute approximate surface area is 245 Å². The van der Waals surface area contributed by atoms with Gasteiger partial charge in [0.05, 0.1) is 6.54 Å². The Bertz CT molecular complexity index is 1240. The second-order valence-electron chi connectivity index (χ2n) is 11.0. The number of ether oxygens (including phenoxy) is 2. The van der Waals surface area contributed by atoms with Crippen LogP contribution in [0.15, 0.2) is 72.1 Å². The Morgan fingerprint density at radius 2 is 1.63 bits per heavy atom. The molecule has 220 valence electrons. The SMILES string of the molecule is CC(C)(C)C(CCC[C@H](OC(N)=O)C(=O)N(Cc1ccc(N)cc1)Cc1cccs1)NC(=O)OCc1ccccc1. The topological polar surface area (TPSA) is 137 Å². The normalized spacial score (nSPS) is 12.7. The molecule has 10 heteroatoms. The van der Waals surface area contributed by atoms with Gasteiger partial charge >= 0.3 is 12.2 Å². The van der Waals surface area contributed by atoms with E-state index in [2.05, 4.69) is 5.32 Å². The Kier molecular flexibility index (Phi) is 11.6. The van der Waals surface area contributed by atoms with Gasteiger partial charge in [0.1, 0.15) is 6.61 Å². The van der Waals surface area contributed by atoms with Crippen LogP contribution in [0.5, 0.6) is 0 Å². The van der Waals surface area contributed by atoms with Crippen molar-refractivity contribution < 1.29 is 23.9 Å². The fraction of sp³-hybridized carbons (Fsp3) is 0.387. The third-order valence-electron chi connectivity index (χ3n) is 6.63. The number of benzene rings is 2. The third kappa shape index (κ3) is 10.8. The highest BCUT2D eigenvalue weighted by atomic mass is 32.1. The lowest BCUT2D eigenvalue weighted by Gasteiger charge is -2.32. The minimum Gasteiger partial charge on any atom is -0.445 e. The number of anilines is 1. The van der Waals surface area contributed by atoms with Crippen LogP contribution in [0, 0.1) is 5.41 Å². The highest BCUT2D eigenvalue weighted by Crippen LogP contribution is 2.25. The molecule has 0 saturated heterocycles. The molecule has 3 aromatic rings. The van der Waals surface area contributed by atoms with Gasteiger partial charge in [0, 0.05) is 23.2 Å². The average Bonchev–Trinajstić information content (AvgIpc) is 3.44. The first-order chi connectivity index (χ1) is 19.5. The van der Waals surface area contributed by atoms with E-state index in [-0.39, 0.29) is 30.4 Å². The Morgan fingerprint density at radius 1 is 0.927 bits per heavy atom. The van der Waals surface area contributed by atoms with E-state index in [4.69, 9.17) is 20.9 Å². The summed E-state index contributed by atoms with van der Waals surface area (Å²) in [5, 5.41) is 4.91. The van der Waals surface area contributed by atoms with E-state index in [1.807, 2.05) is 80.7 Å². The standard InChI is InChI=1S/C31H40N4O5S/c1-31(2,3)27(34-30(38)39-21-23-9-5-4-6-10-23)13-7-12-26(40-29(33)37)28(36)35(20-25-11-8-18-41-25)19-22-14-16-24(32)17-15-22/h4-6,8-11,14-18,26-27H,7,12-13,19-21,32H2,1-3H3,(H2,33,37)(H,34,38)/t26-,27?/m0/s1. The van der Waals surface area contributed by atoms with Gasteiger partial charge < -0.3 is 31.2 Å². The number of amides is 3. The monoisotopic (exact) mass is 580 g/mol. The van der Waals surface area contributed by atoms with Crippen molar-refractivity contribution in [2.75, 3.05) is 5.73 Å². The molecule has 3 amide bonds. The van der Waals surface area contributed by atoms with Crippen molar-refractivity contribution in [2.24, 2.45) is 11.1 Å². The number of thiophene rings is 1. The largest absolute Gasteiger partial charge is 0.445 e. The summed E-state index contributed by atoms with van der Waals surface area (Å²) in [6, 6.07) is 20.4. The van der Waals surface area contributed by atoms with Crippen molar-refractivity contribution in [3.05, 3.63) is 88.1 Å². The summed E-state index contributed by atoms with van der Waals surface area (Å²) in [4.78, 5) is 40.7. The summed E-state index contributed by atoms with van der Waals surface area (Å²) in [5.74, 6) is -0.337. The summed E-state index contributed by atoms with van der Waals surface area (Å²) in [6.45, 7) is 6.90. The number of primary amides is 1. The highest BCUT2D eigenvalue weighted by Gasteiger charge is 2.30. The minimum absolute atomic E-state index is 0.167. The van der Waals surface area contributed by atoms with Gasteiger partial charge in [-0.1, -0.05) is 69.3 Å². The molecule has 9 nitrogen and oxygen atoms in total. The fourth-order valence-corrected chi connectivity index (χ4v) is 5.08. The smallest absolute Gasteiger partial charge is 0.407 e. The predicted molar refractivity (Wildman–Crippen MR) is 161 cm³/mol. The van der Waals surface area contributed by atoms with E-state index < -0.39 is 18.3 Å². The molecule has 0 bridgehead atoms. The van der Waals surface area contributed by atoms with E-state index in [9.17, 15) is 14.4 Å². The van der Waals surface area contributed by atoms with Crippen LogP contribution in [0.1, 0.15) is 56.0 Å². The summed E-state index contributed by atoms with van der Waals surface area (Å²) in [7, 11) is 0. The van der Waals surface area contributed by atoms with E-state index in [0.29, 0.717) is 31.6 Å². The molecular formula is C31H40N4O5S. The van der Waals surface area contributed by atoms with E-state index in [0.717, 1.165) is 16.0 Å². The van der Waals surface area contributed by atoms with Crippen LogP contribution in [-0.4, -0.2) is 35.1 Å². The highest BCUT2D eigenvalue weighted by molar-refractivity contribution is 7.09. The van der Waals surface area contributed by atoms with Crippen LogP contribution < -0.4 is 16.8 Å². The van der Waals surface area contributed by atoms with Crippen LogP contribution >= 0.6 is 11.3 Å². The third-order valence-corrected chi connectivity index (χ3v) is 7.50. The maximum atomic E-state index is 13.7. The Morgan fingerprint density at radius 3 is 2.24 bits per heavy atom. The summed E-state index contributed by atoms with van der Waals surface area (Å²) in [5.41, 5.74) is 13.3. The Balaban J connectivity index is 1.66. The number of hydrogen-bond donors (Lipinski definition) is 3. The molecule has 1 unspecified atom stereocenters. The first-order valence-electron chi connectivity index (χ1n) is 13.6. The van der Waals surface area contributed by atoms with Crippen LogP contribution in [0.4, 0.5) is 15.3 Å². The van der Waals surface area contributed by atoms with Crippen LogP contribution in [0.3, 0.4) is 0 Å². The molecule has 0 spiro atoms. The molecular weight excluding hydrogens is 540 g/mol. The second kappa shape index (κ2) is 15.1. The number of carbonyl (C=O) groups is 3. The molecule has 0 aliphatic carbocycles. The number of hydrogen-bond acceptors (Lipinski definition) is 7. The Hall–Kier alpha value is -4.05. The first-order valence-corrected chi connectivity index (χ1v) is 14.5. The zero-order valence-electron chi connectivity index (χ0n) is 23.9. The minimum atomic E-state index is -1.06. The zero-order chi connectivity index (χ0) is 29.8. The fourth-order valence-electron chi connectivity index (χ4n) is 4.36. The maximum Gasteiger partial charge on any atom is 0.407 e. The quantitative estimate of drug-likeness (QED) is 0.217. The van der Waals surface area contributed by atoms with Gasteiger partial charge in [-0.05, 0) is 59.4 Å². The zero-order valence-corrected chi connectivity index (χ0v) is 24.7. The van der Waals surface area contributed by atoms with Crippen molar-refractivity contribution in [1.29, 1.82) is 0 Å². The summed E-state index contributed by atoms with van der Waals surface area (Å²) >= 11 is 1.54. The van der Waals surface area contributed by atoms with Crippen molar-refractivity contribution in [2.45, 2.75) is 71.9 Å². The van der Waals surface area contributed by atoms with E-state index >= 15 is 0 Å². The molecule has 3 rings (SSSR count). The average molecular weight is 581 g/mol. The molecule has 0 aliphatic heterocycles. The van der Waals surface area contributed by atoms with Crippen LogP contribution in [0.25, 0.3) is 0 Å². The van der Waals surface area contributed by atoms with Gasteiger partial charge in [-0.15, -0.1) is 11.3 Å². The van der Waals surface area contributed by atoms with Crippen molar-refractivity contribution in [1.82, 2.24) is 10.2 Å². The summed E-state index contributed by atoms with van der Waals surface area (Å²) < 4.78 is 10.7. The number of carbonyl (C=O) groups excluding carboxylic acids is 3. The molecule has 0 radical (unpaired) electrons. The molecule has 0 fully saturated rings. The van der Waals surface area contributed by atoms with Crippen molar-refractivity contribution in [3.63, 3.8) is 0 Å². The first kappa shape index (κ1) is 31.5. The van der Waals surface area contributed by atoms with Gasteiger partial charge in [-0.2, -0.15) is 0 Å². The number of nitrogens with zero attached hydrogens (tertiary/aromatic N) is 1. The molecule has 1 heterocycles. The van der Waals surface area contributed by atoms with Gasteiger partial charge in [0.25, 0.3) is 5.91 Å².